The van der Waals surface area contributed by atoms with E-state index in [0.29, 0.717) is 17.9 Å². The van der Waals surface area contributed by atoms with E-state index in [0.717, 1.165) is 12.1 Å². The molecule has 88 valence electrons. The largest absolute Gasteiger partial charge is 0.489 e. The van der Waals surface area contributed by atoms with E-state index in [2.05, 4.69) is 6.58 Å². The molecule has 0 saturated carbocycles. The van der Waals surface area contributed by atoms with Gasteiger partial charge in [0.2, 0.25) is 0 Å². The van der Waals surface area contributed by atoms with Gasteiger partial charge in [0.05, 0.1) is 5.56 Å². The second-order valence-electron chi connectivity index (χ2n) is 3.26. The van der Waals surface area contributed by atoms with E-state index in [4.69, 9.17) is 10.5 Å². The van der Waals surface area contributed by atoms with Crippen LogP contribution in [0.2, 0.25) is 0 Å². The van der Waals surface area contributed by atoms with E-state index in [9.17, 15) is 13.2 Å². The van der Waals surface area contributed by atoms with Gasteiger partial charge in [-0.2, -0.15) is 13.2 Å². The van der Waals surface area contributed by atoms with E-state index < -0.39 is 11.7 Å². The molecule has 1 aromatic rings. The summed E-state index contributed by atoms with van der Waals surface area (Å²) in [7, 11) is 0. The van der Waals surface area contributed by atoms with Crippen LogP contribution in [-0.2, 0) is 6.18 Å². The Hall–Kier alpha value is -1.49. The summed E-state index contributed by atoms with van der Waals surface area (Å²) in [6.07, 6.45) is -4.32. The maximum atomic E-state index is 12.2. The number of alkyl halides is 3. The summed E-state index contributed by atoms with van der Waals surface area (Å²) < 4.78 is 41.8. The molecule has 0 heterocycles. The second-order valence-corrected chi connectivity index (χ2v) is 3.26. The third-order valence-electron chi connectivity index (χ3n) is 1.91. The first-order valence-electron chi connectivity index (χ1n) is 4.60. The lowest BCUT2D eigenvalue weighted by molar-refractivity contribution is -0.137. The van der Waals surface area contributed by atoms with Gasteiger partial charge in [-0.3, -0.25) is 0 Å². The molecule has 5 heteroatoms. The van der Waals surface area contributed by atoms with Crippen molar-refractivity contribution < 1.29 is 17.9 Å². The van der Waals surface area contributed by atoms with Gasteiger partial charge in [0.1, 0.15) is 12.4 Å². The van der Waals surface area contributed by atoms with Gasteiger partial charge in [-0.1, -0.05) is 6.58 Å². The lowest BCUT2D eigenvalue weighted by Gasteiger charge is -2.09. The minimum absolute atomic E-state index is 0.210. The van der Waals surface area contributed by atoms with Gasteiger partial charge in [-0.15, -0.1) is 0 Å². The Morgan fingerprint density at radius 2 is 1.81 bits per heavy atom. The van der Waals surface area contributed by atoms with Crippen LogP contribution in [-0.4, -0.2) is 13.2 Å². The molecule has 16 heavy (non-hydrogen) atoms. The van der Waals surface area contributed by atoms with Crippen LogP contribution in [0.3, 0.4) is 0 Å². The molecule has 0 aliphatic carbocycles. The summed E-state index contributed by atoms with van der Waals surface area (Å²) in [5.74, 6) is 0.364. The number of rotatable bonds is 4. The Bertz CT molecular complexity index is 356. The van der Waals surface area contributed by atoms with Crippen LogP contribution in [0.4, 0.5) is 13.2 Å². The molecule has 2 nitrogen and oxygen atoms in total. The molecule has 1 aromatic carbocycles. The highest BCUT2D eigenvalue weighted by Crippen LogP contribution is 2.30. The number of halogens is 3. The number of hydrogen-bond donors (Lipinski definition) is 1. The van der Waals surface area contributed by atoms with Crippen molar-refractivity contribution in [2.45, 2.75) is 6.18 Å². The van der Waals surface area contributed by atoms with Crippen LogP contribution in [0.25, 0.3) is 0 Å². The van der Waals surface area contributed by atoms with Crippen molar-refractivity contribution in [1.29, 1.82) is 0 Å². The Balaban J connectivity index is 2.62. The van der Waals surface area contributed by atoms with Crippen molar-refractivity contribution in [2.75, 3.05) is 13.2 Å². The summed E-state index contributed by atoms with van der Waals surface area (Å²) in [4.78, 5) is 0. The first-order chi connectivity index (χ1) is 7.43. The quantitative estimate of drug-likeness (QED) is 0.808. The number of benzene rings is 1. The molecule has 0 saturated heterocycles. The summed E-state index contributed by atoms with van der Waals surface area (Å²) >= 11 is 0. The maximum Gasteiger partial charge on any atom is 0.416 e. The molecule has 0 fully saturated rings. The Morgan fingerprint density at radius 1 is 1.25 bits per heavy atom. The minimum Gasteiger partial charge on any atom is -0.489 e. The number of nitrogens with two attached hydrogens (primary N) is 1. The van der Waals surface area contributed by atoms with Crippen molar-refractivity contribution in [3.8, 4) is 5.75 Å². The van der Waals surface area contributed by atoms with Gasteiger partial charge < -0.3 is 10.5 Å². The zero-order chi connectivity index (χ0) is 12.2. The highest BCUT2D eigenvalue weighted by molar-refractivity contribution is 5.29. The highest BCUT2D eigenvalue weighted by atomic mass is 19.4. The minimum atomic E-state index is -4.32. The molecule has 0 aromatic heterocycles. The first kappa shape index (κ1) is 12.6. The fourth-order valence-corrected chi connectivity index (χ4v) is 0.984. The van der Waals surface area contributed by atoms with E-state index >= 15 is 0 Å². The van der Waals surface area contributed by atoms with Gasteiger partial charge in [-0.05, 0) is 29.8 Å². The standard InChI is InChI=1S/C11H12F3NO/c1-8(6-15)7-16-10-4-2-9(3-5-10)11(12,13)14/h2-5H,1,6-7,15H2. The van der Waals surface area contributed by atoms with Crippen LogP contribution >= 0.6 is 0 Å². The Labute approximate surface area is 91.5 Å². The molecule has 0 aliphatic rings. The molecule has 0 atom stereocenters. The SMILES string of the molecule is C=C(CN)COc1ccc(C(F)(F)F)cc1. The van der Waals surface area contributed by atoms with Gasteiger partial charge in [0.25, 0.3) is 0 Å². The third-order valence-corrected chi connectivity index (χ3v) is 1.91. The Morgan fingerprint density at radius 3 is 2.25 bits per heavy atom. The average Bonchev–Trinajstić information content (AvgIpc) is 2.25. The van der Waals surface area contributed by atoms with Crippen molar-refractivity contribution >= 4 is 0 Å². The fraction of sp³-hybridized carbons (Fsp3) is 0.273. The predicted molar refractivity (Wildman–Crippen MR) is 55.1 cm³/mol. The van der Waals surface area contributed by atoms with Crippen molar-refractivity contribution in [3.63, 3.8) is 0 Å². The summed E-state index contributed by atoms with van der Waals surface area (Å²) in [6.45, 7) is 4.12. The smallest absolute Gasteiger partial charge is 0.416 e. The molecule has 0 bridgehead atoms. The molecular weight excluding hydrogens is 219 g/mol. The second kappa shape index (κ2) is 5.03. The predicted octanol–water partition coefficient (Wildman–Crippen LogP) is 2.60. The molecule has 0 spiro atoms. The van der Waals surface area contributed by atoms with Crippen LogP contribution < -0.4 is 10.5 Å². The summed E-state index contributed by atoms with van der Waals surface area (Å²) in [6, 6.07) is 4.49. The summed E-state index contributed by atoms with van der Waals surface area (Å²) in [5, 5.41) is 0. The van der Waals surface area contributed by atoms with Crippen molar-refractivity contribution in [1.82, 2.24) is 0 Å². The first-order valence-corrected chi connectivity index (χ1v) is 4.60. The highest BCUT2D eigenvalue weighted by Gasteiger charge is 2.29. The van der Waals surface area contributed by atoms with E-state index in [1.165, 1.54) is 12.1 Å². The number of ether oxygens (including phenoxy) is 1. The van der Waals surface area contributed by atoms with E-state index in [1.54, 1.807) is 0 Å². The molecule has 0 radical (unpaired) electrons. The van der Waals surface area contributed by atoms with Gasteiger partial charge >= 0.3 is 6.18 Å². The van der Waals surface area contributed by atoms with Crippen LogP contribution in [0.5, 0.6) is 5.75 Å². The van der Waals surface area contributed by atoms with Crippen LogP contribution in [0.15, 0.2) is 36.4 Å². The van der Waals surface area contributed by atoms with Crippen molar-refractivity contribution in [2.24, 2.45) is 5.73 Å². The van der Waals surface area contributed by atoms with E-state index in [-0.39, 0.29) is 6.61 Å². The lowest BCUT2D eigenvalue weighted by atomic mass is 10.2. The Kier molecular flexibility index (Phi) is 3.95. The normalized spacial score (nSPS) is 11.2. The zero-order valence-electron chi connectivity index (χ0n) is 8.55. The van der Waals surface area contributed by atoms with E-state index in [1.807, 2.05) is 0 Å². The number of hydrogen-bond acceptors (Lipinski definition) is 2. The lowest BCUT2D eigenvalue weighted by Crippen LogP contribution is -2.10. The molecule has 0 unspecified atom stereocenters. The van der Waals surface area contributed by atoms with Crippen molar-refractivity contribution in [3.05, 3.63) is 42.0 Å². The topological polar surface area (TPSA) is 35.2 Å². The molecule has 2 N–H and O–H groups in total. The van der Waals surface area contributed by atoms with Gasteiger partial charge in [0, 0.05) is 6.54 Å². The van der Waals surface area contributed by atoms with Crippen LogP contribution in [0, 0.1) is 0 Å². The molecular formula is C11H12F3NO. The average molecular weight is 231 g/mol. The van der Waals surface area contributed by atoms with Crippen LogP contribution in [0.1, 0.15) is 5.56 Å². The fourth-order valence-electron chi connectivity index (χ4n) is 0.984. The molecule has 1 rings (SSSR count). The molecule has 0 aliphatic heterocycles. The van der Waals surface area contributed by atoms with Gasteiger partial charge in [0.15, 0.2) is 0 Å². The molecule has 0 amide bonds. The van der Waals surface area contributed by atoms with Gasteiger partial charge in [-0.25, -0.2) is 0 Å². The maximum absolute atomic E-state index is 12.2. The summed E-state index contributed by atoms with van der Waals surface area (Å²) in [5.41, 5.74) is 5.27. The third kappa shape index (κ3) is 3.58. The zero-order valence-corrected chi connectivity index (χ0v) is 8.55. The monoisotopic (exact) mass is 231 g/mol.